The van der Waals surface area contributed by atoms with Crippen LogP contribution >= 0.6 is 0 Å². The number of hydrogen-bond donors (Lipinski definition) is 1. The molecule has 1 N–H and O–H groups in total. The minimum Gasteiger partial charge on any atom is -0.493 e. The molecule has 27 heavy (non-hydrogen) atoms. The Morgan fingerprint density at radius 2 is 1.85 bits per heavy atom. The second kappa shape index (κ2) is 6.23. The molecule has 1 aliphatic rings. The first-order valence-electron chi connectivity index (χ1n) is 9.01. The number of carbonyl (C=O) groups excluding carboxylic acids is 1. The molecule has 0 saturated carbocycles. The lowest BCUT2D eigenvalue weighted by atomic mass is 9.94. The number of nitrogens with zero attached hydrogens (tertiary/aromatic N) is 4. The fourth-order valence-corrected chi connectivity index (χ4v) is 3.37. The van der Waals surface area contributed by atoms with Gasteiger partial charge in [-0.25, -0.2) is 9.67 Å². The number of pyridine rings is 1. The van der Waals surface area contributed by atoms with E-state index in [0.717, 1.165) is 16.8 Å². The molecular formula is C21H22N4O2. The molecule has 0 saturated heterocycles. The van der Waals surface area contributed by atoms with Crippen molar-refractivity contribution < 1.29 is 9.90 Å². The van der Waals surface area contributed by atoms with Gasteiger partial charge in [-0.05, 0) is 30.7 Å². The van der Waals surface area contributed by atoms with Crippen LogP contribution in [0.3, 0.4) is 0 Å². The fourth-order valence-electron chi connectivity index (χ4n) is 3.37. The molecule has 6 nitrogen and oxygen atoms in total. The minimum absolute atomic E-state index is 0.00280. The number of hydrogen-bond acceptors (Lipinski definition) is 4. The zero-order valence-electron chi connectivity index (χ0n) is 15.7. The van der Waals surface area contributed by atoms with Gasteiger partial charge in [0.2, 0.25) is 11.8 Å². The molecule has 1 amide bonds. The maximum atomic E-state index is 13.0. The summed E-state index contributed by atoms with van der Waals surface area (Å²) in [7, 11) is 0. The molecule has 1 aliphatic heterocycles. The lowest BCUT2D eigenvalue weighted by molar-refractivity contribution is -0.125. The van der Waals surface area contributed by atoms with E-state index in [0.29, 0.717) is 24.5 Å². The first-order chi connectivity index (χ1) is 12.9. The van der Waals surface area contributed by atoms with Gasteiger partial charge < -0.3 is 5.11 Å². The average Bonchev–Trinajstić information content (AvgIpc) is 2.89. The van der Waals surface area contributed by atoms with Crippen LogP contribution in [0.25, 0.3) is 16.9 Å². The highest BCUT2D eigenvalue weighted by atomic mass is 16.3. The highest BCUT2D eigenvalue weighted by Crippen LogP contribution is 2.39. The van der Waals surface area contributed by atoms with Gasteiger partial charge in [0.25, 0.3) is 0 Å². The van der Waals surface area contributed by atoms with Gasteiger partial charge in [0.05, 0.1) is 5.69 Å². The first kappa shape index (κ1) is 17.3. The summed E-state index contributed by atoms with van der Waals surface area (Å²) in [6.45, 7) is 6.14. The van der Waals surface area contributed by atoms with Crippen molar-refractivity contribution in [2.24, 2.45) is 5.41 Å². The summed E-state index contributed by atoms with van der Waals surface area (Å²) in [6, 6.07) is 13.2. The molecule has 0 radical (unpaired) electrons. The summed E-state index contributed by atoms with van der Waals surface area (Å²) in [5.41, 5.74) is 2.42. The van der Waals surface area contributed by atoms with Gasteiger partial charge >= 0.3 is 0 Å². The van der Waals surface area contributed by atoms with Crippen LogP contribution in [0.1, 0.15) is 26.3 Å². The molecule has 0 spiro atoms. The number of carbonyl (C=O) groups is 1. The van der Waals surface area contributed by atoms with Crippen molar-refractivity contribution in [2.75, 3.05) is 11.4 Å². The predicted octanol–water partition coefficient (Wildman–Crippen LogP) is 3.58. The van der Waals surface area contributed by atoms with E-state index in [1.807, 2.05) is 63.2 Å². The van der Waals surface area contributed by atoms with Crippen molar-refractivity contribution in [3.05, 3.63) is 54.2 Å². The van der Waals surface area contributed by atoms with Gasteiger partial charge in [-0.15, -0.1) is 0 Å². The second-order valence-electron chi connectivity index (χ2n) is 7.73. The smallest absolute Gasteiger partial charge is 0.233 e. The van der Waals surface area contributed by atoms with Gasteiger partial charge in [0, 0.05) is 29.3 Å². The Morgan fingerprint density at radius 1 is 1.11 bits per heavy atom. The quantitative estimate of drug-likeness (QED) is 0.718. The highest BCUT2D eigenvalue weighted by Gasteiger charge is 2.34. The Morgan fingerprint density at radius 3 is 2.56 bits per heavy atom. The third-order valence-electron chi connectivity index (χ3n) is 4.73. The van der Waals surface area contributed by atoms with Crippen molar-refractivity contribution >= 4 is 11.7 Å². The third-order valence-corrected chi connectivity index (χ3v) is 4.73. The van der Waals surface area contributed by atoms with E-state index >= 15 is 0 Å². The van der Waals surface area contributed by atoms with E-state index in [9.17, 15) is 9.90 Å². The largest absolute Gasteiger partial charge is 0.493 e. The third kappa shape index (κ3) is 2.87. The number of benzene rings is 1. The van der Waals surface area contributed by atoms with Crippen molar-refractivity contribution in [3.8, 4) is 22.8 Å². The molecule has 138 valence electrons. The van der Waals surface area contributed by atoms with E-state index in [2.05, 4.69) is 10.1 Å². The Bertz CT molecular complexity index is 1000. The molecule has 0 atom stereocenters. The van der Waals surface area contributed by atoms with Crippen LogP contribution in [0.5, 0.6) is 5.88 Å². The van der Waals surface area contributed by atoms with Crippen LogP contribution in [-0.4, -0.2) is 32.3 Å². The number of para-hydroxylation sites is 1. The molecule has 0 aliphatic carbocycles. The summed E-state index contributed by atoms with van der Waals surface area (Å²) < 4.78 is 1.54. The summed E-state index contributed by atoms with van der Waals surface area (Å²) >= 11 is 0. The maximum Gasteiger partial charge on any atom is 0.233 e. The topological polar surface area (TPSA) is 71.2 Å². The Kier molecular flexibility index (Phi) is 3.98. The Balaban J connectivity index is 1.88. The molecule has 0 bridgehead atoms. The Labute approximate surface area is 158 Å². The first-order valence-corrected chi connectivity index (χ1v) is 9.01. The zero-order chi connectivity index (χ0) is 19.2. The molecule has 6 heteroatoms. The van der Waals surface area contributed by atoms with Crippen LogP contribution < -0.4 is 4.90 Å². The number of amides is 1. The Hall–Kier alpha value is -3.15. The van der Waals surface area contributed by atoms with Crippen molar-refractivity contribution in [3.63, 3.8) is 0 Å². The van der Waals surface area contributed by atoms with Crippen LogP contribution in [-0.2, 0) is 11.2 Å². The maximum absolute atomic E-state index is 13.0. The summed E-state index contributed by atoms with van der Waals surface area (Å²) in [5.74, 6) is 0.702. The number of anilines is 1. The van der Waals surface area contributed by atoms with Gasteiger partial charge in [0.15, 0.2) is 0 Å². The molecule has 2 aromatic heterocycles. The number of rotatable bonds is 1. The molecule has 0 unspecified atom stereocenters. The van der Waals surface area contributed by atoms with E-state index < -0.39 is 5.41 Å². The summed E-state index contributed by atoms with van der Waals surface area (Å²) in [5, 5.41) is 15.5. The van der Waals surface area contributed by atoms with Crippen LogP contribution in [0.15, 0.2) is 48.7 Å². The normalized spacial score (nSPS) is 13.7. The number of aromatic nitrogens is 3. The zero-order valence-corrected chi connectivity index (χ0v) is 15.7. The number of fused-ring (bicyclic) bond motifs is 3. The second-order valence-corrected chi connectivity index (χ2v) is 7.73. The van der Waals surface area contributed by atoms with Gasteiger partial charge in [-0.3, -0.25) is 9.69 Å². The van der Waals surface area contributed by atoms with Crippen molar-refractivity contribution in [2.45, 2.75) is 27.2 Å². The lowest BCUT2D eigenvalue weighted by Crippen LogP contribution is -2.41. The van der Waals surface area contributed by atoms with Crippen molar-refractivity contribution in [1.29, 1.82) is 0 Å². The minimum atomic E-state index is -0.525. The van der Waals surface area contributed by atoms with Crippen molar-refractivity contribution in [1.82, 2.24) is 14.8 Å². The SMILES string of the molecule is CC(C)(C)C(=O)N1CCc2c(nn(-c3ccccc3)c2O)-c2cccnc21. The summed E-state index contributed by atoms with van der Waals surface area (Å²) in [4.78, 5) is 19.2. The molecule has 1 aromatic carbocycles. The predicted molar refractivity (Wildman–Crippen MR) is 104 cm³/mol. The monoisotopic (exact) mass is 362 g/mol. The molecule has 0 fully saturated rings. The van der Waals surface area contributed by atoms with Crippen LogP contribution in [0.2, 0.25) is 0 Å². The van der Waals surface area contributed by atoms with Gasteiger partial charge in [-0.2, -0.15) is 5.10 Å². The van der Waals surface area contributed by atoms with Gasteiger partial charge in [-0.1, -0.05) is 39.0 Å². The molecule has 3 heterocycles. The highest BCUT2D eigenvalue weighted by molar-refractivity contribution is 6.00. The number of aromatic hydroxyl groups is 1. The molecule has 3 aromatic rings. The van der Waals surface area contributed by atoms with E-state index in [1.54, 1.807) is 15.8 Å². The van der Waals surface area contributed by atoms with Crippen LogP contribution in [0, 0.1) is 5.41 Å². The average molecular weight is 362 g/mol. The molecule has 4 rings (SSSR count). The summed E-state index contributed by atoms with van der Waals surface area (Å²) in [6.07, 6.45) is 2.19. The fraction of sp³-hybridized carbons (Fsp3) is 0.286. The van der Waals surface area contributed by atoms with E-state index in [-0.39, 0.29) is 11.8 Å². The van der Waals surface area contributed by atoms with E-state index in [4.69, 9.17) is 0 Å². The molecular weight excluding hydrogens is 340 g/mol. The van der Waals surface area contributed by atoms with Gasteiger partial charge in [0.1, 0.15) is 11.5 Å². The lowest BCUT2D eigenvalue weighted by Gasteiger charge is -2.28. The standard InChI is InChI=1S/C21H22N4O2/c1-21(2,3)20(27)24-13-11-16-17(15-10-7-12-22-18(15)24)23-25(19(16)26)14-8-5-4-6-9-14/h4-10,12,26H,11,13H2,1-3H3. The van der Waals surface area contributed by atoms with E-state index in [1.165, 1.54) is 0 Å². The van der Waals surface area contributed by atoms with Crippen LogP contribution in [0.4, 0.5) is 5.82 Å².